The number of halogens is 1. The Hall–Kier alpha value is -1.92. The van der Waals surface area contributed by atoms with Crippen molar-refractivity contribution in [3.63, 3.8) is 0 Å². The monoisotopic (exact) mass is 321 g/mol. The summed E-state index contributed by atoms with van der Waals surface area (Å²) in [6.07, 6.45) is 1.51. The zero-order chi connectivity index (χ0) is 15.4. The smallest absolute Gasteiger partial charge is 0.246 e. The minimum atomic E-state index is 0.00377. The number of nitrogens with one attached hydrogen (secondary N) is 1. The Labute approximate surface area is 132 Å². The van der Waals surface area contributed by atoms with E-state index in [2.05, 4.69) is 15.5 Å². The highest BCUT2D eigenvalue weighted by atomic mass is 35.5. The molecule has 22 heavy (non-hydrogen) atoms. The van der Waals surface area contributed by atoms with E-state index in [9.17, 15) is 4.79 Å². The molecule has 7 heteroatoms. The average molecular weight is 322 g/mol. The molecule has 1 amide bonds. The van der Waals surface area contributed by atoms with Crippen LogP contribution in [0.5, 0.6) is 0 Å². The topological polar surface area (TPSA) is 77.3 Å². The average Bonchev–Trinajstić information content (AvgIpc) is 3.02. The first-order valence-corrected chi connectivity index (χ1v) is 7.54. The zero-order valence-electron chi connectivity index (χ0n) is 11.9. The number of amides is 1. The second-order valence-electron chi connectivity index (χ2n) is 5.13. The van der Waals surface area contributed by atoms with Gasteiger partial charge in [0.15, 0.2) is 0 Å². The van der Waals surface area contributed by atoms with Crippen molar-refractivity contribution in [3.05, 3.63) is 35.2 Å². The molecule has 116 valence electrons. The van der Waals surface area contributed by atoms with Crippen LogP contribution in [0, 0.1) is 5.92 Å². The Kier molecular flexibility index (Phi) is 4.70. The third kappa shape index (κ3) is 3.64. The van der Waals surface area contributed by atoms with Gasteiger partial charge >= 0.3 is 0 Å². The van der Waals surface area contributed by atoms with Crippen LogP contribution < -0.4 is 5.32 Å². The Morgan fingerprint density at radius 1 is 1.36 bits per heavy atom. The van der Waals surface area contributed by atoms with E-state index in [4.69, 9.17) is 20.9 Å². The molecule has 1 aromatic carbocycles. The van der Waals surface area contributed by atoms with Crippen molar-refractivity contribution in [2.24, 2.45) is 5.92 Å². The van der Waals surface area contributed by atoms with Gasteiger partial charge in [-0.05, 0) is 25.0 Å². The van der Waals surface area contributed by atoms with Crippen molar-refractivity contribution >= 4 is 17.5 Å². The normalized spacial score (nSPS) is 15.7. The molecule has 1 fully saturated rings. The van der Waals surface area contributed by atoms with Gasteiger partial charge in [-0.3, -0.25) is 4.79 Å². The summed E-state index contributed by atoms with van der Waals surface area (Å²) in [4.78, 5) is 16.3. The standard InChI is InChI=1S/C15H16ClN3O3/c16-12-3-1-2-11(8-12)14-18-13(22-19-14)9-17-15(20)10-4-6-21-7-5-10/h1-3,8,10H,4-7,9H2,(H,17,20). The molecule has 0 bridgehead atoms. The molecular formula is C15H16ClN3O3. The van der Waals surface area contributed by atoms with Gasteiger partial charge < -0.3 is 14.6 Å². The molecule has 0 spiro atoms. The van der Waals surface area contributed by atoms with Crippen LogP contribution in [0.1, 0.15) is 18.7 Å². The summed E-state index contributed by atoms with van der Waals surface area (Å²) >= 11 is 5.94. The van der Waals surface area contributed by atoms with Gasteiger partial charge in [0.2, 0.25) is 17.6 Å². The van der Waals surface area contributed by atoms with Gasteiger partial charge in [-0.1, -0.05) is 28.9 Å². The lowest BCUT2D eigenvalue weighted by molar-refractivity contribution is -0.128. The summed E-state index contributed by atoms with van der Waals surface area (Å²) in [7, 11) is 0. The van der Waals surface area contributed by atoms with Gasteiger partial charge in [-0.15, -0.1) is 0 Å². The Bertz CT molecular complexity index is 653. The first-order chi connectivity index (χ1) is 10.7. The number of carbonyl (C=O) groups is 1. The minimum Gasteiger partial charge on any atom is -0.381 e. The van der Waals surface area contributed by atoms with Gasteiger partial charge in [0.25, 0.3) is 0 Å². The van der Waals surface area contributed by atoms with Crippen LogP contribution in [-0.2, 0) is 16.1 Å². The number of carbonyl (C=O) groups excluding carboxylic acids is 1. The van der Waals surface area contributed by atoms with Crippen LogP contribution in [0.15, 0.2) is 28.8 Å². The third-order valence-corrected chi connectivity index (χ3v) is 3.79. The van der Waals surface area contributed by atoms with E-state index in [1.165, 1.54) is 0 Å². The van der Waals surface area contributed by atoms with E-state index in [0.29, 0.717) is 30.0 Å². The minimum absolute atomic E-state index is 0.00377. The summed E-state index contributed by atoms with van der Waals surface area (Å²) < 4.78 is 10.4. The maximum absolute atomic E-state index is 12.0. The molecule has 1 aliphatic rings. The molecule has 6 nitrogen and oxygen atoms in total. The van der Waals surface area contributed by atoms with E-state index in [-0.39, 0.29) is 18.4 Å². The van der Waals surface area contributed by atoms with Crippen molar-refractivity contribution in [1.29, 1.82) is 0 Å². The van der Waals surface area contributed by atoms with Crippen LogP contribution >= 0.6 is 11.6 Å². The number of benzene rings is 1. The Morgan fingerprint density at radius 2 is 2.18 bits per heavy atom. The summed E-state index contributed by atoms with van der Waals surface area (Å²) in [5, 5.41) is 7.34. The highest BCUT2D eigenvalue weighted by molar-refractivity contribution is 6.30. The molecule has 1 saturated heterocycles. The number of hydrogen-bond donors (Lipinski definition) is 1. The van der Waals surface area contributed by atoms with E-state index < -0.39 is 0 Å². The van der Waals surface area contributed by atoms with Crippen LogP contribution in [0.3, 0.4) is 0 Å². The first kappa shape index (κ1) is 15.0. The van der Waals surface area contributed by atoms with Crippen molar-refractivity contribution in [1.82, 2.24) is 15.5 Å². The lowest BCUT2D eigenvalue weighted by atomic mass is 9.99. The number of aromatic nitrogens is 2. The Balaban J connectivity index is 1.59. The number of hydrogen-bond acceptors (Lipinski definition) is 5. The number of nitrogens with zero attached hydrogens (tertiary/aromatic N) is 2. The summed E-state index contributed by atoms with van der Waals surface area (Å²) in [6, 6.07) is 7.21. The first-order valence-electron chi connectivity index (χ1n) is 7.16. The SMILES string of the molecule is O=C(NCc1nc(-c2cccc(Cl)c2)no1)C1CCOCC1. The van der Waals surface area contributed by atoms with Gasteiger partial charge in [-0.25, -0.2) is 0 Å². The molecule has 1 N–H and O–H groups in total. The van der Waals surface area contributed by atoms with Crippen LogP contribution in [-0.4, -0.2) is 29.3 Å². The highest BCUT2D eigenvalue weighted by Crippen LogP contribution is 2.20. The second-order valence-corrected chi connectivity index (χ2v) is 5.56. The quantitative estimate of drug-likeness (QED) is 0.935. The third-order valence-electron chi connectivity index (χ3n) is 3.56. The summed E-state index contributed by atoms with van der Waals surface area (Å²) in [5.74, 6) is 0.836. The molecular weight excluding hydrogens is 306 g/mol. The molecule has 0 radical (unpaired) electrons. The largest absolute Gasteiger partial charge is 0.381 e. The van der Waals surface area contributed by atoms with E-state index in [1.807, 2.05) is 12.1 Å². The summed E-state index contributed by atoms with van der Waals surface area (Å²) in [5.41, 5.74) is 0.776. The van der Waals surface area contributed by atoms with E-state index >= 15 is 0 Å². The van der Waals surface area contributed by atoms with Crippen molar-refractivity contribution in [2.75, 3.05) is 13.2 Å². The lowest BCUT2D eigenvalue weighted by Crippen LogP contribution is -2.33. The molecule has 1 aliphatic heterocycles. The van der Waals surface area contributed by atoms with Crippen molar-refractivity contribution in [3.8, 4) is 11.4 Å². The molecule has 0 aliphatic carbocycles. The number of ether oxygens (including phenoxy) is 1. The maximum Gasteiger partial charge on any atom is 0.246 e. The van der Waals surface area contributed by atoms with E-state index in [1.54, 1.807) is 12.1 Å². The van der Waals surface area contributed by atoms with Crippen LogP contribution in [0.2, 0.25) is 5.02 Å². The molecule has 3 rings (SSSR count). The van der Waals surface area contributed by atoms with Crippen molar-refractivity contribution in [2.45, 2.75) is 19.4 Å². The molecule has 0 unspecified atom stereocenters. The summed E-state index contributed by atoms with van der Waals surface area (Å²) in [6.45, 7) is 1.50. The van der Waals surface area contributed by atoms with Crippen LogP contribution in [0.25, 0.3) is 11.4 Å². The molecule has 0 atom stereocenters. The second kappa shape index (κ2) is 6.89. The van der Waals surface area contributed by atoms with Gasteiger partial charge in [0.1, 0.15) is 0 Å². The van der Waals surface area contributed by atoms with Gasteiger partial charge in [0.05, 0.1) is 6.54 Å². The predicted molar refractivity (Wildman–Crippen MR) is 80.1 cm³/mol. The number of rotatable bonds is 4. The maximum atomic E-state index is 12.0. The van der Waals surface area contributed by atoms with Crippen molar-refractivity contribution < 1.29 is 14.1 Å². The van der Waals surface area contributed by atoms with E-state index in [0.717, 1.165) is 18.4 Å². The van der Waals surface area contributed by atoms with Gasteiger partial charge in [0, 0.05) is 29.7 Å². The van der Waals surface area contributed by atoms with Gasteiger partial charge in [-0.2, -0.15) is 4.98 Å². The van der Waals surface area contributed by atoms with Crippen LogP contribution in [0.4, 0.5) is 0 Å². The highest BCUT2D eigenvalue weighted by Gasteiger charge is 2.21. The fourth-order valence-electron chi connectivity index (χ4n) is 2.34. The molecule has 2 heterocycles. The molecule has 2 aromatic rings. The fourth-order valence-corrected chi connectivity index (χ4v) is 2.53. The molecule has 0 saturated carbocycles. The Morgan fingerprint density at radius 3 is 2.95 bits per heavy atom. The lowest BCUT2D eigenvalue weighted by Gasteiger charge is -2.20. The zero-order valence-corrected chi connectivity index (χ0v) is 12.7. The predicted octanol–water partition coefficient (Wildman–Crippen LogP) is 2.43. The molecule has 1 aromatic heterocycles. The fraction of sp³-hybridized carbons (Fsp3) is 0.400.